The van der Waals surface area contributed by atoms with E-state index >= 15 is 0 Å². The second kappa shape index (κ2) is 8.04. The molecule has 1 atom stereocenters. The Labute approximate surface area is 156 Å². The van der Waals surface area contributed by atoms with Crippen LogP contribution in [0.2, 0.25) is 0 Å². The molecule has 2 aliphatic heterocycles. The molecule has 144 valence electrons. The van der Waals surface area contributed by atoms with Gasteiger partial charge in [0.05, 0.1) is 11.4 Å². The van der Waals surface area contributed by atoms with E-state index in [9.17, 15) is 13.2 Å². The Balaban J connectivity index is 1.54. The Hall–Kier alpha value is -1.48. The van der Waals surface area contributed by atoms with Crippen molar-refractivity contribution >= 4 is 15.9 Å². The number of rotatable bonds is 4. The topological polar surface area (TPSA) is 73.0 Å². The van der Waals surface area contributed by atoms with E-state index in [1.807, 2.05) is 24.0 Å². The first-order valence-corrected chi connectivity index (χ1v) is 10.6. The molecule has 7 nitrogen and oxygen atoms in total. The van der Waals surface area contributed by atoms with Gasteiger partial charge in [-0.2, -0.15) is 4.31 Å². The fourth-order valence-electron chi connectivity index (χ4n) is 3.44. The minimum Gasteiger partial charge on any atom is -0.339 e. The molecule has 26 heavy (non-hydrogen) atoms. The lowest BCUT2D eigenvalue weighted by Gasteiger charge is -2.36. The summed E-state index contributed by atoms with van der Waals surface area (Å²) in [6.45, 7) is 8.69. The van der Waals surface area contributed by atoms with Gasteiger partial charge in [0.25, 0.3) is 0 Å². The van der Waals surface area contributed by atoms with Gasteiger partial charge in [-0.15, -0.1) is 0 Å². The average Bonchev–Trinajstić information content (AvgIpc) is 2.62. The highest BCUT2D eigenvalue weighted by Crippen LogP contribution is 2.18. The van der Waals surface area contributed by atoms with Gasteiger partial charge in [0, 0.05) is 51.9 Å². The van der Waals surface area contributed by atoms with Crippen LogP contribution in [0.25, 0.3) is 0 Å². The van der Waals surface area contributed by atoms with Crippen molar-refractivity contribution in [1.29, 1.82) is 0 Å². The van der Waals surface area contributed by atoms with Gasteiger partial charge in [0.15, 0.2) is 0 Å². The Morgan fingerprint density at radius 1 is 1.12 bits per heavy atom. The summed E-state index contributed by atoms with van der Waals surface area (Å²) in [6.07, 6.45) is 0. The number of aryl methyl sites for hydroxylation is 1. The van der Waals surface area contributed by atoms with Crippen LogP contribution in [0.4, 0.5) is 0 Å². The maximum absolute atomic E-state index is 12.7. The molecular formula is C18H28N4O3S. The molecule has 0 radical (unpaired) electrons. The smallest absolute Gasteiger partial charge is 0.243 e. The van der Waals surface area contributed by atoms with Gasteiger partial charge < -0.3 is 10.2 Å². The lowest BCUT2D eigenvalue weighted by molar-refractivity contribution is -0.133. The summed E-state index contributed by atoms with van der Waals surface area (Å²) < 4.78 is 27.0. The van der Waals surface area contributed by atoms with E-state index in [0.717, 1.165) is 25.2 Å². The summed E-state index contributed by atoms with van der Waals surface area (Å²) in [5.41, 5.74) is 1.04. The summed E-state index contributed by atoms with van der Waals surface area (Å²) in [5.74, 6) is 0.133. The summed E-state index contributed by atoms with van der Waals surface area (Å²) >= 11 is 0. The highest BCUT2D eigenvalue weighted by atomic mass is 32.2. The summed E-state index contributed by atoms with van der Waals surface area (Å²) in [6, 6.07) is 7.27. The number of amides is 1. The number of benzene rings is 1. The molecule has 0 saturated carbocycles. The molecule has 0 spiro atoms. The quantitative estimate of drug-likeness (QED) is 0.803. The number of hydrogen-bond acceptors (Lipinski definition) is 5. The van der Waals surface area contributed by atoms with E-state index < -0.39 is 10.0 Å². The molecule has 1 amide bonds. The van der Waals surface area contributed by atoms with Crippen LogP contribution in [0.1, 0.15) is 12.5 Å². The van der Waals surface area contributed by atoms with E-state index in [0.29, 0.717) is 43.7 Å². The monoisotopic (exact) mass is 380 g/mol. The molecule has 3 rings (SSSR count). The predicted molar refractivity (Wildman–Crippen MR) is 100 cm³/mol. The molecule has 1 unspecified atom stereocenters. The number of carbonyl (C=O) groups excluding carboxylic acids is 1. The molecule has 1 N–H and O–H groups in total. The third-order valence-electron chi connectivity index (χ3n) is 5.07. The Kier molecular flexibility index (Phi) is 5.96. The Morgan fingerprint density at radius 2 is 1.77 bits per heavy atom. The molecule has 1 aromatic carbocycles. The number of nitrogens with one attached hydrogen (secondary N) is 1. The summed E-state index contributed by atoms with van der Waals surface area (Å²) in [4.78, 5) is 16.8. The molecule has 2 aliphatic rings. The van der Waals surface area contributed by atoms with Gasteiger partial charge >= 0.3 is 0 Å². The van der Waals surface area contributed by atoms with Crippen LogP contribution < -0.4 is 5.32 Å². The molecule has 8 heteroatoms. The van der Waals surface area contributed by atoms with Gasteiger partial charge in [0.2, 0.25) is 15.9 Å². The Morgan fingerprint density at radius 3 is 2.38 bits per heavy atom. The first-order chi connectivity index (χ1) is 12.4. The summed E-state index contributed by atoms with van der Waals surface area (Å²) in [7, 11) is -3.46. The first kappa shape index (κ1) is 19.3. The van der Waals surface area contributed by atoms with Crippen LogP contribution in [0.5, 0.6) is 0 Å². The zero-order valence-electron chi connectivity index (χ0n) is 15.5. The lowest BCUT2D eigenvalue weighted by atomic mass is 10.2. The van der Waals surface area contributed by atoms with Crippen molar-refractivity contribution in [3.63, 3.8) is 0 Å². The second-order valence-electron chi connectivity index (χ2n) is 7.19. The minimum atomic E-state index is -3.46. The van der Waals surface area contributed by atoms with Gasteiger partial charge in [-0.3, -0.25) is 9.69 Å². The fraction of sp³-hybridized carbons (Fsp3) is 0.611. The van der Waals surface area contributed by atoms with Crippen LogP contribution in [-0.4, -0.2) is 86.8 Å². The summed E-state index contributed by atoms with van der Waals surface area (Å²) in [5, 5.41) is 3.33. The number of carbonyl (C=O) groups is 1. The first-order valence-electron chi connectivity index (χ1n) is 9.16. The van der Waals surface area contributed by atoms with Crippen molar-refractivity contribution < 1.29 is 13.2 Å². The third kappa shape index (κ3) is 4.43. The van der Waals surface area contributed by atoms with E-state index in [1.54, 1.807) is 12.1 Å². The SMILES string of the molecule is Cc1ccc(S(=O)(=O)N2CCN(CC(=O)N3CCNC(C)C3)CC2)cc1. The molecule has 2 heterocycles. The highest BCUT2D eigenvalue weighted by Gasteiger charge is 2.30. The molecule has 0 aromatic heterocycles. The van der Waals surface area contributed by atoms with Gasteiger partial charge in [-0.1, -0.05) is 17.7 Å². The number of piperazine rings is 2. The highest BCUT2D eigenvalue weighted by molar-refractivity contribution is 7.89. The fourth-order valence-corrected chi connectivity index (χ4v) is 4.86. The number of nitrogens with zero attached hydrogens (tertiary/aromatic N) is 3. The molecule has 2 saturated heterocycles. The van der Waals surface area contributed by atoms with E-state index in [4.69, 9.17) is 0 Å². The maximum Gasteiger partial charge on any atom is 0.243 e. The van der Waals surface area contributed by atoms with Crippen molar-refractivity contribution in [3.8, 4) is 0 Å². The molecular weight excluding hydrogens is 352 g/mol. The van der Waals surface area contributed by atoms with Crippen LogP contribution >= 0.6 is 0 Å². The van der Waals surface area contributed by atoms with Crippen LogP contribution in [0, 0.1) is 6.92 Å². The number of hydrogen-bond donors (Lipinski definition) is 1. The van der Waals surface area contributed by atoms with Crippen LogP contribution in [0.15, 0.2) is 29.2 Å². The predicted octanol–water partition coefficient (Wildman–Crippen LogP) is 0.122. The van der Waals surface area contributed by atoms with E-state index in [-0.39, 0.29) is 5.91 Å². The third-order valence-corrected chi connectivity index (χ3v) is 6.98. The van der Waals surface area contributed by atoms with Crippen molar-refractivity contribution in [2.45, 2.75) is 24.8 Å². The lowest BCUT2D eigenvalue weighted by Crippen LogP contribution is -2.55. The largest absolute Gasteiger partial charge is 0.339 e. The van der Waals surface area contributed by atoms with Crippen molar-refractivity contribution in [2.24, 2.45) is 0 Å². The minimum absolute atomic E-state index is 0.133. The number of sulfonamides is 1. The van der Waals surface area contributed by atoms with E-state index in [2.05, 4.69) is 17.1 Å². The van der Waals surface area contributed by atoms with Gasteiger partial charge in [-0.25, -0.2) is 8.42 Å². The average molecular weight is 381 g/mol. The van der Waals surface area contributed by atoms with E-state index in [1.165, 1.54) is 4.31 Å². The van der Waals surface area contributed by atoms with Gasteiger partial charge in [-0.05, 0) is 26.0 Å². The van der Waals surface area contributed by atoms with Gasteiger partial charge in [0.1, 0.15) is 0 Å². The van der Waals surface area contributed by atoms with Crippen LogP contribution in [0.3, 0.4) is 0 Å². The van der Waals surface area contributed by atoms with Crippen LogP contribution in [-0.2, 0) is 14.8 Å². The molecule has 1 aromatic rings. The van der Waals surface area contributed by atoms with Crippen molar-refractivity contribution in [3.05, 3.63) is 29.8 Å². The van der Waals surface area contributed by atoms with Crippen molar-refractivity contribution in [1.82, 2.24) is 19.4 Å². The van der Waals surface area contributed by atoms with Crippen molar-refractivity contribution in [2.75, 3.05) is 52.4 Å². The molecule has 2 fully saturated rings. The standard InChI is InChI=1S/C18H28N4O3S/c1-15-3-5-17(6-4-15)26(24,25)22-11-9-20(10-12-22)14-18(23)21-8-7-19-16(2)13-21/h3-6,16,19H,7-14H2,1-2H3. The molecule has 0 bridgehead atoms. The normalized spacial score (nSPS) is 23.2. The molecule has 0 aliphatic carbocycles. The zero-order chi connectivity index (χ0) is 18.7. The second-order valence-corrected chi connectivity index (χ2v) is 9.13. The Bertz CT molecular complexity index is 727. The zero-order valence-corrected chi connectivity index (χ0v) is 16.3. The maximum atomic E-state index is 12.7.